The predicted octanol–water partition coefficient (Wildman–Crippen LogP) is 5.07. The molecule has 1 amide bonds. The minimum atomic E-state index is -4.19. The largest absolute Gasteiger partial charge is 0.320 e. The number of hydrogen-bond acceptors (Lipinski definition) is 3. The third kappa shape index (κ3) is 5.03. The summed E-state index contributed by atoms with van der Waals surface area (Å²) in [4.78, 5) is 12.6. The van der Waals surface area contributed by atoms with Crippen LogP contribution in [0.5, 0.6) is 0 Å². The summed E-state index contributed by atoms with van der Waals surface area (Å²) in [6.07, 6.45) is 0. The number of rotatable bonds is 6. The highest BCUT2D eigenvalue weighted by Crippen LogP contribution is 2.30. The van der Waals surface area contributed by atoms with Gasteiger partial charge in [0.25, 0.3) is 10.0 Å². The molecule has 3 aromatic carbocycles. The Morgan fingerprint density at radius 1 is 1.00 bits per heavy atom. The van der Waals surface area contributed by atoms with E-state index in [1.54, 1.807) is 31.2 Å². The fraction of sp³-hybridized carbons (Fsp3) is 0.136. The van der Waals surface area contributed by atoms with Crippen LogP contribution in [0.3, 0.4) is 0 Å². The molecule has 3 rings (SSSR count). The highest BCUT2D eigenvalue weighted by atomic mass is 35.5. The Balaban J connectivity index is 2.03. The first-order valence-electron chi connectivity index (χ1n) is 9.19. The van der Waals surface area contributed by atoms with Gasteiger partial charge in [-0.1, -0.05) is 41.4 Å². The van der Waals surface area contributed by atoms with E-state index < -0.39 is 39.8 Å². The highest BCUT2D eigenvalue weighted by Gasteiger charge is 2.29. The summed E-state index contributed by atoms with van der Waals surface area (Å²) < 4.78 is 55.5. The molecule has 0 saturated heterocycles. The summed E-state index contributed by atoms with van der Waals surface area (Å²) >= 11 is 6.06. The second-order valence-electron chi connectivity index (χ2n) is 6.90. The summed E-state index contributed by atoms with van der Waals surface area (Å²) in [6, 6.07) is 13.9. The van der Waals surface area contributed by atoms with Gasteiger partial charge in [-0.05, 0) is 55.8 Å². The number of anilines is 2. The van der Waals surface area contributed by atoms with Crippen LogP contribution in [0.1, 0.15) is 11.1 Å². The first-order valence-corrected chi connectivity index (χ1v) is 11.0. The third-order valence-electron chi connectivity index (χ3n) is 4.56. The Morgan fingerprint density at radius 3 is 2.23 bits per heavy atom. The second-order valence-corrected chi connectivity index (χ2v) is 9.20. The van der Waals surface area contributed by atoms with Gasteiger partial charge in [-0.2, -0.15) is 0 Å². The monoisotopic (exact) mass is 464 g/mol. The number of sulfonamides is 1. The Labute approximate surface area is 184 Å². The van der Waals surface area contributed by atoms with E-state index in [9.17, 15) is 22.0 Å². The van der Waals surface area contributed by atoms with E-state index in [0.29, 0.717) is 5.56 Å². The van der Waals surface area contributed by atoms with E-state index in [1.165, 1.54) is 18.2 Å². The number of halogens is 3. The number of carbonyl (C=O) groups is 1. The molecular weight excluding hydrogens is 446 g/mol. The summed E-state index contributed by atoms with van der Waals surface area (Å²) in [5.41, 5.74) is 0.933. The van der Waals surface area contributed by atoms with Gasteiger partial charge in [0.2, 0.25) is 5.91 Å². The van der Waals surface area contributed by atoms with E-state index >= 15 is 0 Å². The van der Waals surface area contributed by atoms with Gasteiger partial charge < -0.3 is 5.32 Å². The van der Waals surface area contributed by atoms with Gasteiger partial charge in [0.1, 0.15) is 23.9 Å². The van der Waals surface area contributed by atoms with E-state index in [1.807, 2.05) is 6.92 Å². The molecule has 31 heavy (non-hydrogen) atoms. The van der Waals surface area contributed by atoms with Crippen LogP contribution in [0, 0.1) is 25.5 Å². The van der Waals surface area contributed by atoms with Crippen LogP contribution in [-0.4, -0.2) is 20.9 Å². The molecule has 0 saturated carbocycles. The summed E-state index contributed by atoms with van der Waals surface area (Å²) in [7, 11) is -4.19. The van der Waals surface area contributed by atoms with E-state index in [2.05, 4.69) is 5.32 Å². The smallest absolute Gasteiger partial charge is 0.264 e. The first kappa shape index (κ1) is 22.7. The zero-order chi connectivity index (χ0) is 22.8. The average molecular weight is 465 g/mol. The predicted molar refractivity (Wildman–Crippen MR) is 117 cm³/mol. The van der Waals surface area contributed by atoms with E-state index in [0.717, 1.165) is 28.1 Å². The quantitative estimate of drug-likeness (QED) is 0.554. The number of benzene rings is 3. The fourth-order valence-electron chi connectivity index (χ4n) is 2.91. The van der Waals surface area contributed by atoms with Crippen molar-refractivity contribution in [2.45, 2.75) is 18.7 Å². The topological polar surface area (TPSA) is 66.5 Å². The molecule has 0 fully saturated rings. The Hall–Kier alpha value is -2.97. The van der Waals surface area contributed by atoms with Gasteiger partial charge >= 0.3 is 0 Å². The molecule has 0 atom stereocenters. The molecule has 162 valence electrons. The maximum absolute atomic E-state index is 13.9. The second kappa shape index (κ2) is 9.03. The van der Waals surface area contributed by atoms with Gasteiger partial charge in [0, 0.05) is 5.02 Å². The zero-order valence-electron chi connectivity index (χ0n) is 16.7. The number of amides is 1. The fourth-order valence-corrected chi connectivity index (χ4v) is 4.56. The summed E-state index contributed by atoms with van der Waals surface area (Å²) in [6.45, 7) is 2.76. The molecule has 0 radical (unpaired) electrons. The van der Waals surface area contributed by atoms with Gasteiger partial charge in [0.05, 0.1) is 10.6 Å². The minimum absolute atomic E-state index is 0.0395. The molecule has 0 bridgehead atoms. The van der Waals surface area contributed by atoms with Crippen LogP contribution in [-0.2, 0) is 14.8 Å². The molecular formula is C22H19ClF2N2O3S. The van der Waals surface area contributed by atoms with Crippen molar-refractivity contribution in [1.29, 1.82) is 0 Å². The molecule has 0 aliphatic rings. The van der Waals surface area contributed by atoms with Gasteiger partial charge in [-0.3, -0.25) is 9.10 Å². The van der Waals surface area contributed by atoms with Crippen LogP contribution in [0.4, 0.5) is 20.2 Å². The number of nitrogens with one attached hydrogen (secondary N) is 1. The van der Waals surface area contributed by atoms with Gasteiger partial charge in [0.15, 0.2) is 0 Å². The maximum Gasteiger partial charge on any atom is 0.264 e. The van der Waals surface area contributed by atoms with Crippen molar-refractivity contribution in [1.82, 2.24) is 0 Å². The average Bonchev–Trinajstić information content (AvgIpc) is 2.71. The van der Waals surface area contributed by atoms with Gasteiger partial charge in [-0.25, -0.2) is 17.2 Å². The molecule has 3 aromatic rings. The SMILES string of the molecule is Cc1ccc(S(=O)(=O)N(CC(=O)Nc2c(F)cccc2F)c2cc(Cl)ccc2C)cc1. The lowest BCUT2D eigenvalue weighted by molar-refractivity contribution is -0.114. The molecule has 0 aromatic heterocycles. The number of para-hydroxylation sites is 1. The minimum Gasteiger partial charge on any atom is -0.320 e. The van der Waals surface area contributed by atoms with Gasteiger partial charge in [-0.15, -0.1) is 0 Å². The molecule has 1 N–H and O–H groups in total. The number of carbonyl (C=O) groups excluding carboxylic acids is 1. The lowest BCUT2D eigenvalue weighted by Gasteiger charge is -2.26. The number of hydrogen-bond donors (Lipinski definition) is 1. The van der Waals surface area contributed by atoms with Crippen LogP contribution < -0.4 is 9.62 Å². The maximum atomic E-state index is 13.9. The van der Waals surface area contributed by atoms with Crippen LogP contribution >= 0.6 is 11.6 Å². The van der Waals surface area contributed by atoms with E-state index in [4.69, 9.17) is 11.6 Å². The normalized spacial score (nSPS) is 11.3. The van der Waals surface area contributed by atoms with Crippen molar-refractivity contribution < 1.29 is 22.0 Å². The Kier molecular flexibility index (Phi) is 6.62. The van der Waals surface area contributed by atoms with Crippen molar-refractivity contribution in [2.75, 3.05) is 16.2 Å². The van der Waals surface area contributed by atoms with Crippen molar-refractivity contribution in [3.05, 3.63) is 88.4 Å². The molecule has 9 heteroatoms. The summed E-state index contributed by atoms with van der Waals surface area (Å²) in [5, 5.41) is 2.39. The Morgan fingerprint density at radius 2 is 1.61 bits per heavy atom. The van der Waals surface area contributed by atoms with Crippen molar-refractivity contribution >= 4 is 38.9 Å². The number of aryl methyl sites for hydroxylation is 2. The first-order chi connectivity index (χ1) is 14.6. The molecule has 0 heterocycles. The Bertz CT molecular complexity index is 1210. The molecule has 0 spiro atoms. The van der Waals surface area contributed by atoms with E-state index in [-0.39, 0.29) is 15.6 Å². The standard InChI is InChI=1S/C22H19ClF2N2O3S/c1-14-6-10-17(11-7-14)31(29,30)27(20-12-16(23)9-8-15(20)2)13-21(28)26-22-18(24)4-3-5-19(22)25/h3-12H,13H2,1-2H3,(H,26,28). The zero-order valence-corrected chi connectivity index (χ0v) is 18.3. The number of nitrogens with zero attached hydrogens (tertiary/aromatic N) is 1. The van der Waals surface area contributed by atoms with Crippen molar-refractivity contribution in [3.8, 4) is 0 Å². The summed E-state index contributed by atoms with van der Waals surface area (Å²) in [5.74, 6) is -2.86. The van der Waals surface area contributed by atoms with Crippen molar-refractivity contribution in [3.63, 3.8) is 0 Å². The molecule has 0 aliphatic carbocycles. The lowest BCUT2D eigenvalue weighted by atomic mass is 10.2. The van der Waals surface area contributed by atoms with Crippen molar-refractivity contribution in [2.24, 2.45) is 0 Å². The molecule has 0 unspecified atom stereocenters. The molecule has 0 aliphatic heterocycles. The highest BCUT2D eigenvalue weighted by molar-refractivity contribution is 7.92. The molecule has 5 nitrogen and oxygen atoms in total. The van der Waals surface area contributed by atoms with Crippen LogP contribution in [0.15, 0.2) is 65.6 Å². The van der Waals surface area contributed by atoms with Crippen LogP contribution in [0.2, 0.25) is 5.02 Å². The third-order valence-corrected chi connectivity index (χ3v) is 6.57. The van der Waals surface area contributed by atoms with Crippen LogP contribution in [0.25, 0.3) is 0 Å². The lowest BCUT2D eigenvalue weighted by Crippen LogP contribution is -2.38.